The predicted octanol–water partition coefficient (Wildman–Crippen LogP) is 3.33. The lowest BCUT2D eigenvalue weighted by molar-refractivity contribution is -0.139. The molecule has 0 spiro atoms. The molecule has 0 atom stereocenters. The van der Waals surface area contributed by atoms with Gasteiger partial charge in [-0.15, -0.1) is 0 Å². The van der Waals surface area contributed by atoms with Crippen LogP contribution in [0.25, 0.3) is 11.3 Å². The quantitative estimate of drug-likeness (QED) is 0.544. The number of alkyl halides is 3. The summed E-state index contributed by atoms with van der Waals surface area (Å²) in [7, 11) is 0. The standard InChI is InChI=1S/C22H21F4N7O/c23-17-2-1-14(9-16(17)22(24,25)26)18-11-33(7-8-34)20(31-18)13-3-5-32(6-4-13)21-15(10-27)19(28)29-12-30-21/h1-2,9,11-13,34H,3-8H2,(H2,28,29,30). The summed E-state index contributed by atoms with van der Waals surface area (Å²) < 4.78 is 54.9. The van der Waals surface area contributed by atoms with Gasteiger partial charge in [-0.1, -0.05) is 0 Å². The van der Waals surface area contributed by atoms with E-state index in [0.29, 0.717) is 37.6 Å². The lowest BCUT2D eigenvalue weighted by Gasteiger charge is -2.33. The summed E-state index contributed by atoms with van der Waals surface area (Å²) >= 11 is 0. The first-order valence-electron chi connectivity index (χ1n) is 10.5. The first-order chi connectivity index (χ1) is 16.2. The van der Waals surface area contributed by atoms with Gasteiger partial charge in [0.1, 0.15) is 35.4 Å². The fraction of sp³-hybridized carbons (Fsp3) is 0.364. The summed E-state index contributed by atoms with van der Waals surface area (Å²) in [4.78, 5) is 14.5. The Hall–Kier alpha value is -3.72. The normalized spacial score (nSPS) is 14.9. The van der Waals surface area contributed by atoms with E-state index in [1.165, 1.54) is 12.4 Å². The monoisotopic (exact) mass is 475 g/mol. The van der Waals surface area contributed by atoms with E-state index < -0.39 is 17.6 Å². The first kappa shape index (κ1) is 23.4. The van der Waals surface area contributed by atoms with Crippen molar-refractivity contribution in [2.45, 2.75) is 31.5 Å². The second-order valence-corrected chi connectivity index (χ2v) is 7.92. The van der Waals surface area contributed by atoms with Crippen molar-refractivity contribution in [1.82, 2.24) is 19.5 Å². The summed E-state index contributed by atoms with van der Waals surface area (Å²) in [5.74, 6) is -0.192. The predicted molar refractivity (Wildman–Crippen MR) is 115 cm³/mol. The summed E-state index contributed by atoms with van der Waals surface area (Å²) in [6, 6.07) is 4.81. The average Bonchev–Trinajstić information content (AvgIpc) is 3.22. The molecule has 1 fully saturated rings. The van der Waals surface area contributed by atoms with Crippen molar-refractivity contribution < 1.29 is 22.7 Å². The molecule has 0 saturated carbocycles. The number of rotatable bonds is 5. The van der Waals surface area contributed by atoms with Crippen LogP contribution in [0.2, 0.25) is 0 Å². The maximum atomic E-state index is 13.7. The Labute approximate surface area is 192 Å². The average molecular weight is 475 g/mol. The van der Waals surface area contributed by atoms with Crippen LogP contribution >= 0.6 is 0 Å². The maximum Gasteiger partial charge on any atom is 0.419 e. The van der Waals surface area contributed by atoms with Crippen LogP contribution in [-0.2, 0) is 12.7 Å². The first-order valence-corrected chi connectivity index (χ1v) is 10.5. The summed E-state index contributed by atoms with van der Waals surface area (Å²) in [6.45, 7) is 1.14. The van der Waals surface area contributed by atoms with Crippen LogP contribution in [-0.4, -0.2) is 44.3 Å². The minimum atomic E-state index is -4.82. The highest BCUT2D eigenvalue weighted by molar-refractivity contribution is 5.63. The molecule has 3 aromatic rings. The van der Waals surface area contributed by atoms with E-state index in [1.54, 1.807) is 10.8 Å². The van der Waals surface area contributed by atoms with Gasteiger partial charge < -0.3 is 20.3 Å². The van der Waals surface area contributed by atoms with Crippen LogP contribution in [0.3, 0.4) is 0 Å². The van der Waals surface area contributed by atoms with Crippen LogP contribution < -0.4 is 10.6 Å². The number of aromatic nitrogens is 4. The summed E-state index contributed by atoms with van der Waals surface area (Å²) in [5, 5.41) is 18.9. The highest BCUT2D eigenvalue weighted by Crippen LogP contribution is 2.36. The fourth-order valence-corrected chi connectivity index (χ4v) is 4.17. The minimum absolute atomic E-state index is 0.0381. The number of halogens is 4. The molecule has 0 unspecified atom stereocenters. The van der Waals surface area contributed by atoms with Crippen LogP contribution in [0.4, 0.5) is 29.2 Å². The molecular formula is C22H21F4N7O. The van der Waals surface area contributed by atoms with Crippen molar-refractivity contribution in [3.8, 4) is 17.3 Å². The van der Waals surface area contributed by atoms with E-state index in [2.05, 4.69) is 15.0 Å². The van der Waals surface area contributed by atoms with Crippen LogP contribution in [0, 0.1) is 17.1 Å². The zero-order valence-electron chi connectivity index (χ0n) is 17.9. The van der Waals surface area contributed by atoms with Gasteiger partial charge in [-0.25, -0.2) is 19.3 Å². The van der Waals surface area contributed by atoms with Gasteiger partial charge in [0, 0.05) is 37.3 Å². The van der Waals surface area contributed by atoms with Gasteiger partial charge in [0.15, 0.2) is 5.82 Å². The number of hydrogen-bond donors (Lipinski definition) is 2. The number of imidazole rings is 1. The molecule has 0 aliphatic carbocycles. The number of aliphatic hydroxyl groups is 1. The molecule has 1 aromatic carbocycles. The molecule has 0 amide bonds. The Morgan fingerprint density at radius 3 is 2.59 bits per heavy atom. The molecule has 3 heterocycles. The number of nitrogens with zero attached hydrogens (tertiary/aromatic N) is 6. The van der Waals surface area contributed by atoms with Gasteiger partial charge in [-0.05, 0) is 31.0 Å². The lowest BCUT2D eigenvalue weighted by atomic mass is 9.95. The summed E-state index contributed by atoms with van der Waals surface area (Å²) in [6.07, 6.45) is -0.683. The number of nitriles is 1. The molecular weight excluding hydrogens is 454 g/mol. The Morgan fingerprint density at radius 2 is 1.94 bits per heavy atom. The second-order valence-electron chi connectivity index (χ2n) is 7.92. The zero-order valence-corrected chi connectivity index (χ0v) is 17.9. The lowest BCUT2D eigenvalue weighted by Crippen LogP contribution is -2.35. The van der Waals surface area contributed by atoms with Gasteiger partial charge in [-0.3, -0.25) is 0 Å². The third-order valence-electron chi connectivity index (χ3n) is 5.84. The van der Waals surface area contributed by atoms with Crippen LogP contribution in [0.1, 0.15) is 35.7 Å². The molecule has 0 radical (unpaired) electrons. The highest BCUT2D eigenvalue weighted by atomic mass is 19.4. The molecule has 1 aliphatic rings. The number of piperidine rings is 1. The van der Waals surface area contributed by atoms with Gasteiger partial charge in [-0.2, -0.15) is 18.4 Å². The van der Waals surface area contributed by atoms with Gasteiger partial charge in [0.05, 0.1) is 17.9 Å². The SMILES string of the molecule is N#Cc1c(N)ncnc1N1CCC(c2nc(-c3ccc(F)c(C(F)(F)F)c3)cn2CCO)CC1. The Bertz CT molecular complexity index is 1230. The molecule has 0 bridgehead atoms. The van der Waals surface area contributed by atoms with Crippen molar-refractivity contribution in [3.63, 3.8) is 0 Å². The van der Waals surface area contributed by atoms with Gasteiger partial charge in [0.2, 0.25) is 0 Å². The molecule has 1 saturated heterocycles. The number of hydrogen-bond acceptors (Lipinski definition) is 7. The molecule has 2 aromatic heterocycles. The van der Waals surface area contributed by atoms with E-state index in [1.807, 2.05) is 11.0 Å². The molecule has 34 heavy (non-hydrogen) atoms. The van der Waals surface area contributed by atoms with E-state index in [0.717, 1.165) is 12.1 Å². The van der Waals surface area contributed by atoms with Gasteiger partial charge >= 0.3 is 6.18 Å². The molecule has 12 heteroatoms. The van der Waals surface area contributed by atoms with Crippen molar-refractivity contribution in [2.75, 3.05) is 30.3 Å². The topological polar surface area (TPSA) is 117 Å². The second kappa shape index (κ2) is 9.26. The van der Waals surface area contributed by atoms with Gasteiger partial charge in [0.25, 0.3) is 0 Å². The van der Waals surface area contributed by atoms with Crippen LogP contribution in [0.5, 0.6) is 0 Å². The third kappa shape index (κ3) is 4.51. The number of aliphatic hydroxyl groups excluding tert-OH is 1. The molecule has 4 rings (SSSR count). The van der Waals surface area contributed by atoms with Crippen molar-refractivity contribution in [3.05, 3.63) is 53.5 Å². The van der Waals surface area contributed by atoms with E-state index in [9.17, 15) is 27.9 Å². The summed E-state index contributed by atoms with van der Waals surface area (Å²) in [5.41, 5.74) is 5.05. The van der Waals surface area contributed by atoms with Crippen molar-refractivity contribution in [1.29, 1.82) is 5.26 Å². The fourth-order valence-electron chi connectivity index (χ4n) is 4.17. The van der Waals surface area contributed by atoms with E-state index in [4.69, 9.17) is 5.73 Å². The zero-order chi connectivity index (χ0) is 24.5. The molecule has 8 nitrogen and oxygen atoms in total. The number of nitrogen functional groups attached to an aromatic ring is 1. The largest absolute Gasteiger partial charge is 0.419 e. The van der Waals surface area contributed by atoms with Crippen LogP contribution in [0.15, 0.2) is 30.7 Å². The van der Waals surface area contributed by atoms with Crippen molar-refractivity contribution >= 4 is 11.6 Å². The number of nitrogens with two attached hydrogens (primary N) is 1. The maximum absolute atomic E-state index is 13.7. The third-order valence-corrected chi connectivity index (χ3v) is 5.84. The number of benzene rings is 1. The molecule has 1 aliphatic heterocycles. The highest BCUT2D eigenvalue weighted by Gasteiger charge is 2.35. The molecule has 3 N–H and O–H groups in total. The molecule has 178 valence electrons. The Kier molecular flexibility index (Phi) is 6.39. The minimum Gasteiger partial charge on any atom is -0.395 e. The van der Waals surface area contributed by atoms with Crippen molar-refractivity contribution in [2.24, 2.45) is 0 Å². The van der Waals surface area contributed by atoms with E-state index in [-0.39, 0.29) is 41.7 Å². The Morgan fingerprint density at radius 1 is 1.21 bits per heavy atom. The Balaban J connectivity index is 1.60. The number of anilines is 2. The van der Waals surface area contributed by atoms with E-state index >= 15 is 0 Å². The smallest absolute Gasteiger partial charge is 0.395 e.